The second-order valence-electron chi connectivity index (χ2n) is 6.18. The van der Waals surface area contributed by atoms with Crippen molar-refractivity contribution in [3.63, 3.8) is 0 Å². The van der Waals surface area contributed by atoms with Crippen LogP contribution in [0.15, 0.2) is 21.6 Å². The molecule has 1 aliphatic rings. The average Bonchev–Trinajstić information content (AvgIpc) is 2.36. The summed E-state index contributed by atoms with van der Waals surface area (Å²) < 4.78 is 6.42. The van der Waals surface area contributed by atoms with Crippen LogP contribution in [0.4, 0.5) is 0 Å². The lowest BCUT2D eigenvalue weighted by atomic mass is 9.92. The predicted molar refractivity (Wildman–Crippen MR) is 90.7 cm³/mol. The van der Waals surface area contributed by atoms with Crippen molar-refractivity contribution in [1.29, 1.82) is 0 Å². The lowest BCUT2D eigenvalue weighted by Crippen LogP contribution is -2.28. The summed E-state index contributed by atoms with van der Waals surface area (Å²) in [5.74, 6) is 1.01. The molecule has 21 heavy (non-hydrogen) atoms. The van der Waals surface area contributed by atoms with Crippen molar-refractivity contribution in [2.75, 3.05) is 13.2 Å². The van der Waals surface area contributed by atoms with Gasteiger partial charge in [0.15, 0.2) is 5.75 Å². The minimum atomic E-state index is -0.899. The molecule has 0 spiro atoms. The molecule has 0 aromatic heterocycles. The summed E-state index contributed by atoms with van der Waals surface area (Å²) in [4.78, 5) is 4.63. The maximum atomic E-state index is 9.75. The summed E-state index contributed by atoms with van der Waals surface area (Å²) >= 11 is 9.85. The molecule has 0 saturated heterocycles. The second-order valence-corrected chi connectivity index (χ2v) is 7.44. The van der Waals surface area contributed by atoms with E-state index in [9.17, 15) is 5.11 Å². The Bertz CT molecular complexity index is 529. The van der Waals surface area contributed by atoms with Crippen molar-refractivity contribution < 1.29 is 9.84 Å². The van der Waals surface area contributed by atoms with Gasteiger partial charge in [-0.1, -0.05) is 18.5 Å². The molecular weight excluding hydrogens is 354 g/mol. The SMILES string of the molecule is CC1CCCN=C1c1cc(Cl)c(OCC(C)(C)O)c(Br)c1. The van der Waals surface area contributed by atoms with Crippen LogP contribution >= 0.6 is 27.5 Å². The van der Waals surface area contributed by atoms with E-state index in [4.69, 9.17) is 16.3 Å². The van der Waals surface area contributed by atoms with Crippen LogP contribution in [-0.2, 0) is 0 Å². The summed E-state index contributed by atoms with van der Waals surface area (Å²) in [5, 5.41) is 10.3. The van der Waals surface area contributed by atoms with Gasteiger partial charge in [-0.05, 0) is 66.2 Å². The van der Waals surface area contributed by atoms with Crippen LogP contribution in [0, 0.1) is 5.92 Å². The number of aliphatic hydroxyl groups is 1. The lowest BCUT2D eigenvalue weighted by Gasteiger charge is -2.22. The number of hydrogen-bond donors (Lipinski definition) is 1. The number of benzene rings is 1. The predicted octanol–water partition coefficient (Wildman–Crippen LogP) is 4.47. The van der Waals surface area contributed by atoms with Gasteiger partial charge < -0.3 is 9.84 Å². The molecule has 1 unspecified atom stereocenters. The van der Waals surface area contributed by atoms with Crippen molar-refractivity contribution in [2.45, 2.75) is 39.2 Å². The molecule has 1 heterocycles. The van der Waals surface area contributed by atoms with Crippen LogP contribution < -0.4 is 4.74 Å². The Morgan fingerprint density at radius 2 is 2.19 bits per heavy atom. The molecule has 0 radical (unpaired) electrons. The normalized spacial score (nSPS) is 19.3. The Morgan fingerprint density at radius 3 is 2.76 bits per heavy atom. The highest BCUT2D eigenvalue weighted by Gasteiger charge is 2.21. The molecule has 0 fully saturated rings. The third-order valence-corrected chi connectivity index (χ3v) is 4.28. The topological polar surface area (TPSA) is 41.8 Å². The van der Waals surface area contributed by atoms with Crippen molar-refractivity contribution >= 4 is 33.2 Å². The van der Waals surface area contributed by atoms with Crippen LogP contribution in [0.25, 0.3) is 0 Å². The van der Waals surface area contributed by atoms with E-state index in [1.54, 1.807) is 13.8 Å². The van der Waals surface area contributed by atoms with Gasteiger partial charge in [-0.25, -0.2) is 0 Å². The highest BCUT2D eigenvalue weighted by molar-refractivity contribution is 9.10. The maximum Gasteiger partial charge on any atom is 0.152 e. The summed E-state index contributed by atoms with van der Waals surface area (Å²) in [7, 11) is 0. The first kappa shape index (κ1) is 16.8. The molecule has 116 valence electrons. The van der Waals surface area contributed by atoms with Gasteiger partial charge >= 0.3 is 0 Å². The maximum absolute atomic E-state index is 9.75. The summed E-state index contributed by atoms with van der Waals surface area (Å²) in [5.41, 5.74) is 1.25. The summed E-state index contributed by atoms with van der Waals surface area (Å²) in [6.07, 6.45) is 2.30. The Labute approximate surface area is 139 Å². The standard InChI is InChI=1S/C16H21BrClNO2/c1-10-5-4-6-19-14(10)11-7-12(17)15(13(18)8-11)21-9-16(2,3)20/h7-8,10,20H,4-6,9H2,1-3H3. The molecule has 0 aliphatic carbocycles. The zero-order valence-corrected chi connectivity index (χ0v) is 15.0. The largest absolute Gasteiger partial charge is 0.488 e. The minimum Gasteiger partial charge on any atom is -0.488 e. The molecule has 5 heteroatoms. The molecule has 1 aromatic rings. The number of rotatable bonds is 4. The van der Waals surface area contributed by atoms with Crippen LogP contribution in [0.2, 0.25) is 5.02 Å². The Balaban J connectivity index is 2.26. The number of halogens is 2. The number of hydrogen-bond acceptors (Lipinski definition) is 3. The molecule has 0 amide bonds. The monoisotopic (exact) mass is 373 g/mol. The molecule has 1 aromatic carbocycles. The van der Waals surface area contributed by atoms with Gasteiger partial charge in [-0.3, -0.25) is 4.99 Å². The summed E-state index contributed by atoms with van der Waals surface area (Å²) in [6, 6.07) is 3.89. The van der Waals surface area contributed by atoms with Gasteiger partial charge in [0.25, 0.3) is 0 Å². The van der Waals surface area contributed by atoms with E-state index in [0.29, 0.717) is 16.7 Å². The van der Waals surface area contributed by atoms with Gasteiger partial charge in [0, 0.05) is 12.3 Å². The van der Waals surface area contributed by atoms with Gasteiger partial charge in [0.1, 0.15) is 6.61 Å². The van der Waals surface area contributed by atoms with Gasteiger partial charge in [0.2, 0.25) is 0 Å². The number of nitrogens with zero attached hydrogens (tertiary/aromatic N) is 1. The first-order chi connectivity index (χ1) is 9.78. The average molecular weight is 375 g/mol. The van der Waals surface area contributed by atoms with Crippen molar-refractivity contribution in [1.82, 2.24) is 0 Å². The lowest BCUT2D eigenvalue weighted by molar-refractivity contribution is 0.0282. The molecule has 1 atom stereocenters. The number of ether oxygens (including phenoxy) is 1. The van der Waals surface area contributed by atoms with E-state index < -0.39 is 5.60 Å². The third-order valence-electron chi connectivity index (χ3n) is 3.41. The Kier molecular flexibility index (Phi) is 5.33. The second kappa shape index (κ2) is 6.67. The van der Waals surface area contributed by atoms with E-state index in [1.165, 1.54) is 0 Å². The Morgan fingerprint density at radius 1 is 1.48 bits per heavy atom. The fourth-order valence-electron chi connectivity index (χ4n) is 2.36. The van der Waals surface area contributed by atoms with Crippen molar-refractivity contribution in [3.8, 4) is 5.75 Å². The van der Waals surface area contributed by atoms with Crippen LogP contribution in [0.1, 0.15) is 39.2 Å². The van der Waals surface area contributed by atoms with Gasteiger partial charge in [0.05, 0.1) is 15.1 Å². The fraction of sp³-hybridized carbons (Fsp3) is 0.562. The highest BCUT2D eigenvalue weighted by Crippen LogP contribution is 2.36. The third kappa shape index (κ3) is 4.44. The van der Waals surface area contributed by atoms with Crippen LogP contribution in [0.3, 0.4) is 0 Å². The molecule has 2 rings (SSSR count). The summed E-state index contributed by atoms with van der Waals surface area (Å²) in [6.45, 7) is 6.65. The van der Waals surface area contributed by atoms with Crippen molar-refractivity contribution in [3.05, 3.63) is 27.2 Å². The highest BCUT2D eigenvalue weighted by atomic mass is 79.9. The van der Waals surface area contributed by atoms with Crippen molar-refractivity contribution in [2.24, 2.45) is 10.9 Å². The van der Waals surface area contributed by atoms with Crippen LogP contribution in [0.5, 0.6) is 5.75 Å². The first-order valence-electron chi connectivity index (χ1n) is 7.17. The molecule has 1 N–H and O–H groups in total. The van der Waals surface area contributed by atoms with Crippen LogP contribution in [-0.4, -0.2) is 29.6 Å². The van der Waals surface area contributed by atoms with Gasteiger partial charge in [-0.2, -0.15) is 0 Å². The number of aliphatic imine (C=N–C) groups is 1. The van der Waals surface area contributed by atoms with E-state index in [0.717, 1.165) is 35.1 Å². The zero-order chi connectivity index (χ0) is 15.6. The molecule has 1 aliphatic heterocycles. The van der Waals surface area contributed by atoms with E-state index in [-0.39, 0.29) is 6.61 Å². The molecule has 0 saturated carbocycles. The van der Waals surface area contributed by atoms with E-state index in [1.807, 2.05) is 12.1 Å². The van der Waals surface area contributed by atoms with Gasteiger partial charge in [-0.15, -0.1) is 0 Å². The minimum absolute atomic E-state index is 0.183. The molecule has 3 nitrogen and oxygen atoms in total. The fourth-order valence-corrected chi connectivity index (χ4v) is 3.32. The molecule has 0 bridgehead atoms. The quantitative estimate of drug-likeness (QED) is 0.844. The zero-order valence-electron chi connectivity index (χ0n) is 12.6. The Hall–Kier alpha value is -0.580. The first-order valence-corrected chi connectivity index (χ1v) is 8.34. The molecular formula is C16H21BrClNO2. The smallest absolute Gasteiger partial charge is 0.152 e. The van der Waals surface area contributed by atoms with E-state index >= 15 is 0 Å². The van der Waals surface area contributed by atoms with E-state index in [2.05, 4.69) is 27.8 Å².